The Hall–Kier alpha value is -0.120. The number of hydrogen-bond acceptors (Lipinski definition) is 3. The fourth-order valence-electron chi connectivity index (χ4n) is 1.67. The molecule has 3 heteroatoms. The molecule has 2 bridgehead atoms. The second-order valence-corrected chi connectivity index (χ2v) is 4.53. The zero-order valence-electron chi connectivity index (χ0n) is 7.92. The van der Waals surface area contributed by atoms with Gasteiger partial charge in [-0.1, -0.05) is 13.8 Å². The average molecular weight is 172 g/mol. The van der Waals surface area contributed by atoms with Crippen molar-refractivity contribution in [2.45, 2.75) is 32.7 Å². The Balaban J connectivity index is 2.19. The number of hydrogen-bond donors (Lipinski definition) is 0. The SMILES string of the molecule is CC12COCC(C)(C)C(CO1)O2. The van der Waals surface area contributed by atoms with Crippen LogP contribution in [-0.4, -0.2) is 31.7 Å². The van der Waals surface area contributed by atoms with Crippen LogP contribution in [0.1, 0.15) is 20.8 Å². The Morgan fingerprint density at radius 1 is 1.17 bits per heavy atom. The summed E-state index contributed by atoms with van der Waals surface area (Å²) in [6, 6.07) is 0. The lowest BCUT2D eigenvalue weighted by Gasteiger charge is -2.27. The summed E-state index contributed by atoms with van der Waals surface area (Å²) in [6.07, 6.45) is 0.185. The van der Waals surface area contributed by atoms with E-state index in [0.717, 1.165) is 6.61 Å². The van der Waals surface area contributed by atoms with E-state index in [1.165, 1.54) is 0 Å². The first-order valence-corrected chi connectivity index (χ1v) is 4.41. The topological polar surface area (TPSA) is 27.7 Å². The highest BCUT2D eigenvalue weighted by Crippen LogP contribution is 2.37. The van der Waals surface area contributed by atoms with Gasteiger partial charge < -0.3 is 14.2 Å². The van der Waals surface area contributed by atoms with Crippen LogP contribution < -0.4 is 0 Å². The molecular weight excluding hydrogens is 156 g/mol. The van der Waals surface area contributed by atoms with Crippen LogP contribution in [0.2, 0.25) is 0 Å². The lowest BCUT2D eigenvalue weighted by Crippen LogP contribution is -2.34. The molecule has 3 nitrogen and oxygen atoms in total. The zero-order chi connectivity index (χ0) is 8.82. The number of fused-ring (bicyclic) bond motifs is 2. The van der Waals surface area contributed by atoms with Crippen molar-refractivity contribution in [3.05, 3.63) is 0 Å². The number of rotatable bonds is 0. The van der Waals surface area contributed by atoms with Crippen molar-refractivity contribution in [1.29, 1.82) is 0 Å². The van der Waals surface area contributed by atoms with Crippen LogP contribution in [0.4, 0.5) is 0 Å². The van der Waals surface area contributed by atoms with Crippen molar-refractivity contribution in [2.75, 3.05) is 19.8 Å². The molecule has 2 rings (SSSR count). The maximum absolute atomic E-state index is 5.78. The van der Waals surface area contributed by atoms with E-state index in [9.17, 15) is 0 Å². The Bertz CT molecular complexity index is 190. The largest absolute Gasteiger partial charge is 0.375 e. The maximum Gasteiger partial charge on any atom is 0.189 e. The Labute approximate surface area is 73.0 Å². The van der Waals surface area contributed by atoms with Crippen molar-refractivity contribution in [1.82, 2.24) is 0 Å². The summed E-state index contributed by atoms with van der Waals surface area (Å²) in [7, 11) is 0. The first kappa shape index (κ1) is 8.48. The molecule has 0 aromatic carbocycles. The van der Waals surface area contributed by atoms with Gasteiger partial charge in [0.05, 0.1) is 19.3 Å². The van der Waals surface area contributed by atoms with Crippen LogP contribution in [0.3, 0.4) is 0 Å². The second kappa shape index (κ2) is 2.44. The lowest BCUT2D eigenvalue weighted by atomic mass is 9.88. The van der Waals surface area contributed by atoms with Gasteiger partial charge in [0, 0.05) is 5.41 Å². The van der Waals surface area contributed by atoms with Gasteiger partial charge in [-0.3, -0.25) is 0 Å². The fourth-order valence-corrected chi connectivity index (χ4v) is 1.67. The van der Waals surface area contributed by atoms with Crippen molar-refractivity contribution in [2.24, 2.45) is 5.41 Å². The Morgan fingerprint density at radius 3 is 2.67 bits per heavy atom. The quantitative estimate of drug-likeness (QED) is 0.549. The van der Waals surface area contributed by atoms with Crippen molar-refractivity contribution in [3.8, 4) is 0 Å². The maximum atomic E-state index is 5.78. The minimum atomic E-state index is -0.488. The Kier molecular flexibility index (Phi) is 1.72. The third kappa shape index (κ3) is 1.26. The minimum Gasteiger partial charge on any atom is -0.375 e. The number of ether oxygens (including phenoxy) is 3. The molecule has 0 amide bonds. The van der Waals surface area contributed by atoms with E-state index in [-0.39, 0.29) is 11.5 Å². The molecular formula is C9H16O3. The second-order valence-electron chi connectivity index (χ2n) is 4.53. The van der Waals surface area contributed by atoms with Gasteiger partial charge in [-0.2, -0.15) is 0 Å². The molecule has 0 spiro atoms. The normalized spacial score (nSPS) is 45.8. The van der Waals surface area contributed by atoms with Crippen molar-refractivity contribution >= 4 is 0 Å². The molecule has 2 heterocycles. The van der Waals surface area contributed by atoms with Gasteiger partial charge in [0.15, 0.2) is 5.79 Å². The highest BCUT2D eigenvalue weighted by Gasteiger charge is 2.47. The van der Waals surface area contributed by atoms with E-state index >= 15 is 0 Å². The molecule has 0 radical (unpaired) electrons. The Morgan fingerprint density at radius 2 is 1.92 bits per heavy atom. The van der Waals surface area contributed by atoms with Gasteiger partial charge in [0.25, 0.3) is 0 Å². The summed E-state index contributed by atoms with van der Waals surface area (Å²) in [5.41, 5.74) is 0.0776. The summed E-state index contributed by atoms with van der Waals surface area (Å²) in [5.74, 6) is -0.488. The zero-order valence-corrected chi connectivity index (χ0v) is 7.92. The molecule has 2 saturated heterocycles. The predicted molar refractivity (Wildman–Crippen MR) is 43.8 cm³/mol. The molecule has 0 aromatic rings. The van der Waals surface area contributed by atoms with Crippen molar-refractivity contribution in [3.63, 3.8) is 0 Å². The van der Waals surface area contributed by atoms with E-state index in [1.807, 2.05) is 6.92 Å². The van der Waals surface area contributed by atoms with E-state index in [4.69, 9.17) is 14.2 Å². The molecule has 2 unspecified atom stereocenters. The minimum absolute atomic E-state index is 0.0776. The first-order valence-electron chi connectivity index (χ1n) is 4.41. The smallest absolute Gasteiger partial charge is 0.189 e. The predicted octanol–water partition coefficient (Wildman–Crippen LogP) is 1.17. The summed E-state index contributed by atoms with van der Waals surface area (Å²) < 4.78 is 16.8. The summed E-state index contributed by atoms with van der Waals surface area (Å²) in [6.45, 7) is 8.25. The van der Waals surface area contributed by atoms with E-state index in [2.05, 4.69) is 13.8 Å². The molecule has 0 aliphatic carbocycles. The molecule has 2 aliphatic rings. The van der Waals surface area contributed by atoms with Gasteiger partial charge in [0.1, 0.15) is 6.61 Å². The summed E-state index contributed by atoms with van der Waals surface area (Å²) >= 11 is 0. The molecule has 70 valence electrons. The van der Waals surface area contributed by atoms with Crippen LogP contribution in [-0.2, 0) is 14.2 Å². The third-order valence-corrected chi connectivity index (χ3v) is 2.64. The highest BCUT2D eigenvalue weighted by molar-refractivity contribution is 4.88. The standard InChI is InChI=1S/C9H16O3/c1-8(2)5-10-6-9(3)11-4-7(8)12-9/h7H,4-6H2,1-3H3. The van der Waals surface area contributed by atoms with Crippen LogP contribution in [0.5, 0.6) is 0 Å². The van der Waals surface area contributed by atoms with E-state index in [0.29, 0.717) is 13.2 Å². The van der Waals surface area contributed by atoms with Gasteiger partial charge in [0.2, 0.25) is 0 Å². The van der Waals surface area contributed by atoms with E-state index < -0.39 is 5.79 Å². The van der Waals surface area contributed by atoms with Gasteiger partial charge in [-0.15, -0.1) is 0 Å². The molecule has 2 atom stereocenters. The van der Waals surface area contributed by atoms with Gasteiger partial charge in [-0.25, -0.2) is 0 Å². The van der Waals surface area contributed by atoms with Gasteiger partial charge >= 0.3 is 0 Å². The molecule has 12 heavy (non-hydrogen) atoms. The molecule has 2 fully saturated rings. The summed E-state index contributed by atoms with van der Waals surface area (Å²) in [4.78, 5) is 0. The molecule has 0 aromatic heterocycles. The molecule has 0 saturated carbocycles. The van der Waals surface area contributed by atoms with Crippen molar-refractivity contribution < 1.29 is 14.2 Å². The third-order valence-electron chi connectivity index (χ3n) is 2.64. The lowest BCUT2D eigenvalue weighted by molar-refractivity contribution is -0.175. The molecule has 2 aliphatic heterocycles. The van der Waals surface area contributed by atoms with Crippen LogP contribution >= 0.6 is 0 Å². The fraction of sp³-hybridized carbons (Fsp3) is 1.00. The monoisotopic (exact) mass is 172 g/mol. The molecule has 0 N–H and O–H groups in total. The summed E-state index contributed by atoms with van der Waals surface area (Å²) in [5, 5.41) is 0. The highest BCUT2D eigenvalue weighted by atomic mass is 16.8. The van der Waals surface area contributed by atoms with Gasteiger partial charge in [-0.05, 0) is 6.92 Å². The van der Waals surface area contributed by atoms with Crippen LogP contribution in [0, 0.1) is 5.41 Å². The average Bonchev–Trinajstić information content (AvgIpc) is 2.27. The van der Waals surface area contributed by atoms with Crippen LogP contribution in [0.25, 0.3) is 0 Å². The first-order chi connectivity index (χ1) is 5.52. The van der Waals surface area contributed by atoms with Crippen LogP contribution in [0.15, 0.2) is 0 Å². The van der Waals surface area contributed by atoms with E-state index in [1.54, 1.807) is 0 Å².